The van der Waals surface area contributed by atoms with Gasteiger partial charge in [0.1, 0.15) is 6.61 Å². The SMILES string of the molecule is CCOc1cc(/C=N\NC(=O)C(=O)NCCCOC)ccc1OCC(=O)[O-]. The van der Waals surface area contributed by atoms with Gasteiger partial charge in [0.15, 0.2) is 11.5 Å². The molecule has 0 aliphatic rings. The topological polar surface area (TPSA) is 138 Å². The molecule has 0 fully saturated rings. The van der Waals surface area contributed by atoms with Gasteiger partial charge in [0.25, 0.3) is 0 Å². The van der Waals surface area contributed by atoms with Crippen molar-refractivity contribution < 1.29 is 33.7 Å². The molecule has 27 heavy (non-hydrogen) atoms. The molecule has 0 saturated heterocycles. The van der Waals surface area contributed by atoms with Crippen LogP contribution in [-0.4, -0.2) is 57.5 Å². The Bertz CT molecular complexity index is 676. The predicted octanol–water partition coefficient (Wildman–Crippen LogP) is -1.18. The second-order valence-electron chi connectivity index (χ2n) is 5.10. The molecule has 0 radical (unpaired) electrons. The van der Waals surface area contributed by atoms with E-state index in [0.717, 1.165) is 0 Å². The van der Waals surface area contributed by atoms with Crippen LogP contribution >= 0.6 is 0 Å². The molecule has 10 nitrogen and oxygen atoms in total. The predicted molar refractivity (Wildman–Crippen MR) is 93.4 cm³/mol. The highest BCUT2D eigenvalue weighted by atomic mass is 16.5. The van der Waals surface area contributed by atoms with Crippen molar-refractivity contribution in [2.45, 2.75) is 13.3 Å². The Morgan fingerprint density at radius 3 is 2.63 bits per heavy atom. The van der Waals surface area contributed by atoms with Gasteiger partial charge in [-0.25, -0.2) is 5.43 Å². The Labute approximate surface area is 156 Å². The number of hydrogen-bond acceptors (Lipinski definition) is 8. The van der Waals surface area contributed by atoms with Crippen LogP contribution in [-0.2, 0) is 19.1 Å². The van der Waals surface area contributed by atoms with Crippen LogP contribution in [0, 0.1) is 0 Å². The monoisotopic (exact) mass is 380 g/mol. The van der Waals surface area contributed by atoms with Crippen LogP contribution in [0.4, 0.5) is 0 Å². The third kappa shape index (κ3) is 8.68. The standard InChI is InChI=1S/C17H23N3O7/c1-3-26-14-9-12(5-6-13(14)27-11-15(21)22)10-19-20-17(24)16(23)18-7-4-8-25-2/h5-6,9-10H,3-4,7-8,11H2,1-2H3,(H,18,23)(H,20,24)(H,21,22)/p-1/b19-10-. The van der Waals surface area contributed by atoms with Crippen LogP contribution in [0.3, 0.4) is 0 Å². The Morgan fingerprint density at radius 2 is 1.96 bits per heavy atom. The molecule has 0 heterocycles. The highest BCUT2D eigenvalue weighted by Gasteiger charge is 2.11. The molecule has 1 rings (SSSR count). The van der Waals surface area contributed by atoms with E-state index in [1.165, 1.54) is 12.3 Å². The van der Waals surface area contributed by atoms with Crippen molar-refractivity contribution in [1.29, 1.82) is 0 Å². The first-order valence-electron chi connectivity index (χ1n) is 8.17. The number of amides is 2. The van der Waals surface area contributed by atoms with Crippen LogP contribution in [0.5, 0.6) is 11.5 Å². The van der Waals surface area contributed by atoms with Crippen molar-refractivity contribution in [1.82, 2.24) is 10.7 Å². The zero-order valence-electron chi connectivity index (χ0n) is 15.1. The lowest BCUT2D eigenvalue weighted by Crippen LogP contribution is -2.38. The smallest absolute Gasteiger partial charge is 0.329 e. The lowest BCUT2D eigenvalue weighted by molar-refractivity contribution is -0.307. The van der Waals surface area contributed by atoms with Crippen molar-refractivity contribution in [3.63, 3.8) is 0 Å². The molecule has 0 bridgehead atoms. The summed E-state index contributed by atoms with van der Waals surface area (Å²) < 4.78 is 15.3. The van der Waals surface area contributed by atoms with Crippen molar-refractivity contribution >= 4 is 24.0 Å². The van der Waals surface area contributed by atoms with Gasteiger partial charge in [0.2, 0.25) is 0 Å². The molecule has 1 aromatic rings. The van der Waals surface area contributed by atoms with E-state index in [1.54, 1.807) is 26.2 Å². The quantitative estimate of drug-likeness (QED) is 0.213. The maximum absolute atomic E-state index is 11.6. The Kier molecular flexibility index (Phi) is 9.94. The van der Waals surface area contributed by atoms with Crippen molar-refractivity contribution in [3.05, 3.63) is 23.8 Å². The number of carbonyl (C=O) groups is 3. The van der Waals surface area contributed by atoms with Gasteiger partial charge in [-0.3, -0.25) is 9.59 Å². The molecule has 0 spiro atoms. The molecule has 1 aromatic carbocycles. The summed E-state index contributed by atoms with van der Waals surface area (Å²) in [6, 6.07) is 4.63. The highest BCUT2D eigenvalue weighted by Crippen LogP contribution is 2.27. The van der Waals surface area contributed by atoms with Crippen LogP contribution in [0.25, 0.3) is 0 Å². The number of nitrogens with zero attached hydrogens (tertiary/aromatic N) is 1. The summed E-state index contributed by atoms with van der Waals surface area (Å²) in [5.74, 6) is -2.51. The van der Waals surface area contributed by atoms with Crippen LogP contribution in [0.2, 0.25) is 0 Å². The molecular weight excluding hydrogens is 358 g/mol. The average Bonchev–Trinajstić information content (AvgIpc) is 2.64. The highest BCUT2D eigenvalue weighted by molar-refractivity contribution is 6.35. The van der Waals surface area contributed by atoms with E-state index in [1.807, 2.05) is 0 Å². The van der Waals surface area contributed by atoms with E-state index in [-0.39, 0.29) is 5.75 Å². The molecule has 0 aliphatic heterocycles. The Balaban J connectivity index is 2.61. The lowest BCUT2D eigenvalue weighted by Gasteiger charge is -2.12. The van der Waals surface area contributed by atoms with Gasteiger partial charge in [-0.15, -0.1) is 0 Å². The fraction of sp³-hybridized carbons (Fsp3) is 0.412. The zero-order valence-corrected chi connectivity index (χ0v) is 15.1. The summed E-state index contributed by atoms with van der Waals surface area (Å²) in [6.45, 7) is 2.28. The summed E-state index contributed by atoms with van der Waals surface area (Å²) in [7, 11) is 1.54. The van der Waals surface area contributed by atoms with E-state index in [9.17, 15) is 19.5 Å². The second kappa shape index (κ2) is 12.3. The summed E-state index contributed by atoms with van der Waals surface area (Å²) in [5.41, 5.74) is 2.65. The molecule has 148 valence electrons. The molecule has 0 aliphatic carbocycles. The number of methoxy groups -OCH3 is 1. The first-order chi connectivity index (χ1) is 13.0. The third-order valence-electron chi connectivity index (χ3n) is 3.01. The summed E-state index contributed by atoms with van der Waals surface area (Å²) in [6.07, 6.45) is 1.90. The van der Waals surface area contributed by atoms with Gasteiger partial charge in [0.05, 0.1) is 18.8 Å². The molecule has 0 aromatic heterocycles. The zero-order chi connectivity index (χ0) is 20.1. The Morgan fingerprint density at radius 1 is 1.19 bits per heavy atom. The number of carboxylic acids is 1. The number of ether oxygens (including phenoxy) is 3. The number of rotatable bonds is 11. The minimum absolute atomic E-state index is 0.234. The van der Waals surface area contributed by atoms with Crippen LogP contribution < -0.4 is 25.3 Å². The van der Waals surface area contributed by atoms with E-state index in [2.05, 4.69) is 15.8 Å². The van der Waals surface area contributed by atoms with E-state index < -0.39 is 24.4 Å². The minimum Gasteiger partial charge on any atom is -0.546 e. The molecule has 10 heteroatoms. The molecule has 0 atom stereocenters. The molecule has 2 N–H and O–H groups in total. The summed E-state index contributed by atoms with van der Waals surface area (Å²) in [4.78, 5) is 33.6. The van der Waals surface area contributed by atoms with Crippen LogP contribution in [0.15, 0.2) is 23.3 Å². The maximum Gasteiger partial charge on any atom is 0.329 e. The largest absolute Gasteiger partial charge is 0.546 e. The van der Waals surface area contributed by atoms with Gasteiger partial charge < -0.3 is 29.4 Å². The normalized spacial score (nSPS) is 10.4. The molecular formula is C17H22N3O7-. The third-order valence-corrected chi connectivity index (χ3v) is 3.01. The van der Waals surface area contributed by atoms with Gasteiger partial charge in [-0.1, -0.05) is 0 Å². The van der Waals surface area contributed by atoms with Gasteiger partial charge in [-0.05, 0) is 37.1 Å². The van der Waals surface area contributed by atoms with Gasteiger partial charge in [0, 0.05) is 20.3 Å². The summed E-state index contributed by atoms with van der Waals surface area (Å²) >= 11 is 0. The number of carbonyl (C=O) groups excluding carboxylic acids is 3. The fourth-order valence-corrected chi connectivity index (χ4v) is 1.84. The lowest BCUT2D eigenvalue weighted by atomic mass is 10.2. The van der Waals surface area contributed by atoms with Gasteiger partial charge >= 0.3 is 11.8 Å². The number of benzene rings is 1. The van der Waals surface area contributed by atoms with E-state index >= 15 is 0 Å². The number of aliphatic carboxylic acids is 1. The second-order valence-corrected chi connectivity index (χ2v) is 5.10. The first kappa shape index (κ1) is 21.9. The molecule has 0 saturated carbocycles. The number of hydrazone groups is 1. The first-order valence-corrected chi connectivity index (χ1v) is 8.17. The minimum atomic E-state index is -1.36. The number of hydrogen-bond donors (Lipinski definition) is 2. The van der Waals surface area contributed by atoms with Crippen molar-refractivity contribution in [2.75, 3.05) is 33.5 Å². The number of carboxylic acid groups (broad SMARTS) is 1. The molecule has 0 unspecified atom stereocenters. The average molecular weight is 380 g/mol. The van der Waals surface area contributed by atoms with Crippen molar-refractivity contribution in [2.24, 2.45) is 5.10 Å². The number of nitrogens with one attached hydrogen (secondary N) is 2. The molecule has 2 amide bonds. The fourth-order valence-electron chi connectivity index (χ4n) is 1.84. The van der Waals surface area contributed by atoms with Gasteiger partial charge in [-0.2, -0.15) is 5.10 Å². The van der Waals surface area contributed by atoms with Crippen LogP contribution in [0.1, 0.15) is 18.9 Å². The van der Waals surface area contributed by atoms with E-state index in [0.29, 0.717) is 37.5 Å². The maximum atomic E-state index is 11.6. The van der Waals surface area contributed by atoms with Crippen molar-refractivity contribution in [3.8, 4) is 11.5 Å². The Hall–Kier alpha value is -3.14. The summed E-state index contributed by atoms with van der Waals surface area (Å²) in [5, 5.41) is 16.6. The van der Waals surface area contributed by atoms with E-state index in [4.69, 9.17) is 14.2 Å².